The van der Waals surface area contributed by atoms with Gasteiger partial charge in [0.05, 0.1) is 0 Å². The molecule has 2 heteroatoms. The maximum atomic E-state index is 9.39. The average Bonchev–Trinajstić information content (AvgIpc) is 2.27. The highest BCUT2D eigenvalue weighted by Gasteiger charge is 2.35. The maximum absolute atomic E-state index is 9.39. The molecule has 90 valence electrons. The minimum Gasteiger partial charge on any atom is -0.396 e. The summed E-state index contributed by atoms with van der Waals surface area (Å²) in [5.41, 5.74) is 1.03. The van der Waals surface area contributed by atoms with Gasteiger partial charge < -0.3 is 10.4 Å². The molecule has 0 heterocycles. The predicted molar refractivity (Wildman–Crippen MR) is 68.2 cm³/mol. The molecule has 0 bridgehead atoms. The number of hydrogen-bond acceptors (Lipinski definition) is 2. The highest BCUT2D eigenvalue weighted by molar-refractivity contribution is 5.14. The van der Waals surface area contributed by atoms with Crippen molar-refractivity contribution in [2.24, 2.45) is 5.41 Å². The summed E-state index contributed by atoms with van der Waals surface area (Å²) in [6.07, 6.45) is 0. The summed E-state index contributed by atoms with van der Waals surface area (Å²) in [5.74, 6) is 0. The van der Waals surface area contributed by atoms with Crippen molar-refractivity contribution in [2.45, 2.75) is 39.8 Å². The van der Waals surface area contributed by atoms with Crippen LogP contribution in [0.1, 0.15) is 33.3 Å². The van der Waals surface area contributed by atoms with Gasteiger partial charge in [0.15, 0.2) is 0 Å². The molecule has 0 amide bonds. The molecule has 2 N–H and O–H groups in total. The Morgan fingerprint density at radius 3 is 2.12 bits per heavy atom. The van der Waals surface area contributed by atoms with Gasteiger partial charge in [-0.3, -0.25) is 0 Å². The van der Waals surface area contributed by atoms with Crippen LogP contribution in [0, 0.1) is 5.41 Å². The largest absolute Gasteiger partial charge is 0.396 e. The third-order valence-electron chi connectivity index (χ3n) is 3.66. The van der Waals surface area contributed by atoms with Crippen LogP contribution >= 0.6 is 0 Å². The van der Waals surface area contributed by atoms with E-state index in [4.69, 9.17) is 0 Å². The van der Waals surface area contributed by atoms with Crippen molar-refractivity contribution in [1.29, 1.82) is 0 Å². The van der Waals surface area contributed by atoms with Gasteiger partial charge in [-0.25, -0.2) is 0 Å². The molecule has 0 saturated heterocycles. The lowest BCUT2D eigenvalue weighted by Crippen LogP contribution is -2.52. The Morgan fingerprint density at radius 1 is 1.06 bits per heavy atom. The van der Waals surface area contributed by atoms with Crippen LogP contribution in [0.2, 0.25) is 0 Å². The van der Waals surface area contributed by atoms with Gasteiger partial charge in [0.2, 0.25) is 0 Å². The molecule has 0 aliphatic carbocycles. The first-order valence-electron chi connectivity index (χ1n) is 5.79. The zero-order valence-electron chi connectivity index (χ0n) is 10.7. The average molecular weight is 221 g/mol. The molecular weight excluding hydrogens is 198 g/mol. The lowest BCUT2D eigenvalue weighted by molar-refractivity contribution is 0.0677. The Bertz CT molecular complexity index is 317. The molecule has 0 unspecified atom stereocenters. The molecule has 0 saturated carbocycles. The topological polar surface area (TPSA) is 32.3 Å². The van der Waals surface area contributed by atoms with Gasteiger partial charge in [-0.2, -0.15) is 0 Å². The molecule has 0 aliphatic heterocycles. The molecule has 0 radical (unpaired) electrons. The maximum Gasteiger partial charge on any atom is 0.0499 e. The van der Waals surface area contributed by atoms with Crippen molar-refractivity contribution < 1.29 is 5.11 Å². The second-order valence-corrected chi connectivity index (χ2v) is 5.51. The SMILES string of the molecule is CC(C)(CO)C(C)(C)NCc1ccccc1. The fourth-order valence-corrected chi connectivity index (χ4v) is 1.36. The number of benzene rings is 1. The zero-order valence-corrected chi connectivity index (χ0v) is 10.7. The number of aliphatic hydroxyl groups is 1. The Hall–Kier alpha value is -0.860. The Labute approximate surface area is 98.7 Å². The first kappa shape index (κ1) is 13.2. The highest BCUT2D eigenvalue weighted by Crippen LogP contribution is 2.29. The van der Waals surface area contributed by atoms with Crippen LogP contribution < -0.4 is 5.32 Å². The number of nitrogens with one attached hydrogen (secondary N) is 1. The van der Waals surface area contributed by atoms with Crippen LogP contribution in [0.3, 0.4) is 0 Å². The van der Waals surface area contributed by atoms with E-state index in [0.717, 1.165) is 6.54 Å². The summed E-state index contributed by atoms with van der Waals surface area (Å²) < 4.78 is 0. The monoisotopic (exact) mass is 221 g/mol. The van der Waals surface area contributed by atoms with Gasteiger partial charge in [0.1, 0.15) is 0 Å². The van der Waals surface area contributed by atoms with Gasteiger partial charge in [-0.1, -0.05) is 44.2 Å². The van der Waals surface area contributed by atoms with Crippen molar-refractivity contribution in [3.05, 3.63) is 35.9 Å². The molecular formula is C14H23NO. The van der Waals surface area contributed by atoms with Crippen LogP contribution in [0.5, 0.6) is 0 Å². The number of rotatable bonds is 5. The lowest BCUT2D eigenvalue weighted by Gasteiger charge is -2.41. The minimum atomic E-state index is -0.137. The fourth-order valence-electron chi connectivity index (χ4n) is 1.36. The van der Waals surface area contributed by atoms with Gasteiger partial charge in [0.25, 0.3) is 0 Å². The van der Waals surface area contributed by atoms with E-state index in [1.807, 2.05) is 18.2 Å². The van der Waals surface area contributed by atoms with E-state index in [1.54, 1.807) is 0 Å². The van der Waals surface area contributed by atoms with Crippen molar-refractivity contribution in [1.82, 2.24) is 5.32 Å². The molecule has 0 atom stereocenters. The van der Waals surface area contributed by atoms with E-state index in [2.05, 4.69) is 45.1 Å². The van der Waals surface area contributed by atoms with Crippen molar-refractivity contribution in [3.8, 4) is 0 Å². The van der Waals surface area contributed by atoms with Crippen molar-refractivity contribution in [3.63, 3.8) is 0 Å². The normalized spacial score (nSPS) is 12.8. The summed E-state index contributed by atoms with van der Waals surface area (Å²) in [7, 11) is 0. The van der Waals surface area contributed by atoms with E-state index in [1.165, 1.54) is 5.56 Å². The number of aliphatic hydroxyl groups excluding tert-OH is 1. The van der Waals surface area contributed by atoms with Crippen LogP contribution in [-0.2, 0) is 6.54 Å². The van der Waals surface area contributed by atoms with E-state index >= 15 is 0 Å². The van der Waals surface area contributed by atoms with E-state index in [0.29, 0.717) is 0 Å². The molecule has 0 fully saturated rings. The highest BCUT2D eigenvalue weighted by atomic mass is 16.3. The first-order chi connectivity index (χ1) is 7.39. The molecule has 0 spiro atoms. The molecule has 1 aromatic rings. The zero-order chi connectivity index (χ0) is 12.2. The van der Waals surface area contributed by atoms with Crippen LogP contribution in [0.25, 0.3) is 0 Å². The third-order valence-corrected chi connectivity index (χ3v) is 3.66. The molecule has 0 aromatic heterocycles. The first-order valence-corrected chi connectivity index (χ1v) is 5.79. The Kier molecular flexibility index (Phi) is 4.11. The molecule has 1 rings (SSSR count). The third kappa shape index (κ3) is 3.06. The van der Waals surface area contributed by atoms with Gasteiger partial charge in [-0.05, 0) is 19.4 Å². The van der Waals surface area contributed by atoms with E-state index in [9.17, 15) is 5.11 Å². The molecule has 16 heavy (non-hydrogen) atoms. The van der Waals surface area contributed by atoms with Gasteiger partial charge in [-0.15, -0.1) is 0 Å². The van der Waals surface area contributed by atoms with Gasteiger partial charge in [0, 0.05) is 24.1 Å². The summed E-state index contributed by atoms with van der Waals surface area (Å²) in [6, 6.07) is 10.3. The quantitative estimate of drug-likeness (QED) is 0.801. The fraction of sp³-hybridized carbons (Fsp3) is 0.571. The standard InChI is InChI=1S/C14H23NO/c1-13(2,11-16)14(3,4)15-10-12-8-6-5-7-9-12/h5-9,15-16H,10-11H2,1-4H3. The molecule has 0 aliphatic rings. The van der Waals surface area contributed by atoms with Crippen LogP contribution in [0.4, 0.5) is 0 Å². The smallest absolute Gasteiger partial charge is 0.0499 e. The van der Waals surface area contributed by atoms with Crippen molar-refractivity contribution in [2.75, 3.05) is 6.61 Å². The summed E-state index contributed by atoms with van der Waals surface area (Å²) in [6.45, 7) is 9.42. The molecule has 1 aromatic carbocycles. The summed E-state index contributed by atoms with van der Waals surface area (Å²) in [5, 5.41) is 12.9. The second-order valence-electron chi connectivity index (χ2n) is 5.51. The van der Waals surface area contributed by atoms with Gasteiger partial charge >= 0.3 is 0 Å². The lowest BCUT2D eigenvalue weighted by atomic mass is 9.75. The van der Waals surface area contributed by atoms with E-state index < -0.39 is 0 Å². The minimum absolute atomic E-state index is 0.0996. The summed E-state index contributed by atoms with van der Waals surface area (Å²) >= 11 is 0. The Balaban J connectivity index is 2.61. The van der Waals surface area contributed by atoms with Crippen LogP contribution in [-0.4, -0.2) is 17.3 Å². The van der Waals surface area contributed by atoms with Crippen molar-refractivity contribution >= 4 is 0 Å². The predicted octanol–water partition coefficient (Wildman–Crippen LogP) is 2.57. The second kappa shape index (κ2) is 4.98. The Morgan fingerprint density at radius 2 is 1.62 bits per heavy atom. The molecule has 2 nitrogen and oxygen atoms in total. The van der Waals surface area contributed by atoms with Crippen LogP contribution in [0.15, 0.2) is 30.3 Å². The number of hydrogen-bond donors (Lipinski definition) is 2. The summed E-state index contributed by atoms with van der Waals surface area (Å²) in [4.78, 5) is 0. The van der Waals surface area contributed by atoms with E-state index in [-0.39, 0.29) is 17.6 Å².